The van der Waals surface area contributed by atoms with Crippen LogP contribution in [0.5, 0.6) is 0 Å². The van der Waals surface area contributed by atoms with Gasteiger partial charge in [0.25, 0.3) is 0 Å². The standard InChI is InChI=1S/C15H25N3O2S/c1-10-13(11(2)20-18-10)8-21-9-15(19)17-14-6-4-3-5-12(14)7-16/h12,14H,3-9,16H2,1-2H3,(H,17,19). The molecular formula is C15H25N3O2S. The molecule has 0 bridgehead atoms. The fourth-order valence-electron chi connectivity index (χ4n) is 2.88. The van der Waals surface area contributed by atoms with E-state index in [9.17, 15) is 4.79 Å². The highest BCUT2D eigenvalue weighted by atomic mass is 32.2. The van der Waals surface area contributed by atoms with Crippen molar-refractivity contribution in [2.24, 2.45) is 11.7 Å². The van der Waals surface area contributed by atoms with Gasteiger partial charge in [0, 0.05) is 17.4 Å². The fraction of sp³-hybridized carbons (Fsp3) is 0.733. The van der Waals surface area contributed by atoms with Gasteiger partial charge < -0.3 is 15.6 Å². The number of carbonyl (C=O) groups is 1. The third-order valence-electron chi connectivity index (χ3n) is 4.22. The van der Waals surface area contributed by atoms with E-state index in [4.69, 9.17) is 10.3 Å². The molecule has 0 radical (unpaired) electrons. The summed E-state index contributed by atoms with van der Waals surface area (Å²) in [5.41, 5.74) is 7.81. The summed E-state index contributed by atoms with van der Waals surface area (Å²) in [5.74, 6) is 2.63. The lowest BCUT2D eigenvalue weighted by molar-refractivity contribution is -0.119. The number of hydrogen-bond donors (Lipinski definition) is 2. The van der Waals surface area contributed by atoms with E-state index >= 15 is 0 Å². The van der Waals surface area contributed by atoms with Crippen molar-refractivity contribution < 1.29 is 9.32 Å². The van der Waals surface area contributed by atoms with Gasteiger partial charge in [0.15, 0.2) is 0 Å². The van der Waals surface area contributed by atoms with E-state index in [0.29, 0.717) is 18.2 Å². The number of rotatable bonds is 6. The third-order valence-corrected chi connectivity index (χ3v) is 5.18. The van der Waals surface area contributed by atoms with Gasteiger partial charge in [-0.1, -0.05) is 18.0 Å². The molecule has 21 heavy (non-hydrogen) atoms. The lowest BCUT2D eigenvalue weighted by Gasteiger charge is -2.31. The molecule has 1 amide bonds. The van der Waals surface area contributed by atoms with Crippen LogP contribution in [0.15, 0.2) is 4.52 Å². The van der Waals surface area contributed by atoms with Crippen molar-refractivity contribution in [2.75, 3.05) is 12.3 Å². The third kappa shape index (κ3) is 4.48. The van der Waals surface area contributed by atoms with Crippen LogP contribution in [0.3, 0.4) is 0 Å². The molecule has 5 nitrogen and oxygen atoms in total. The summed E-state index contributed by atoms with van der Waals surface area (Å²) in [5, 5.41) is 7.08. The zero-order valence-electron chi connectivity index (χ0n) is 12.9. The van der Waals surface area contributed by atoms with Gasteiger partial charge in [-0.25, -0.2) is 0 Å². The molecule has 1 aromatic rings. The van der Waals surface area contributed by atoms with E-state index < -0.39 is 0 Å². The number of aryl methyl sites for hydroxylation is 2. The van der Waals surface area contributed by atoms with E-state index in [1.807, 2.05) is 13.8 Å². The lowest BCUT2D eigenvalue weighted by Crippen LogP contribution is -2.45. The van der Waals surface area contributed by atoms with Gasteiger partial charge in [-0.15, -0.1) is 11.8 Å². The number of thioether (sulfide) groups is 1. The molecule has 1 aliphatic rings. The number of hydrogen-bond acceptors (Lipinski definition) is 5. The molecule has 0 aromatic carbocycles. The van der Waals surface area contributed by atoms with Gasteiger partial charge >= 0.3 is 0 Å². The molecule has 1 aromatic heterocycles. The van der Waals surface area contributed by atoms with Crippen LogP contribution in [-0.2, 0) is 10.5 Å². The maximum absolute atomic E-state index is 12.1. The molecular weight excluding hydrogens is 286 g/mol. The molecule has 118 valence electrons. The minimum Gasteiger partial charge on any atom is -0.361 e. The van der Waals surface area contributed by atoms with E-state index in [1.54, 1.807) is 11.8 Å². The first-order valence-corrected chi connectivity index (χ1v) is 8.76. The van der Waals surface area contributed by atoms with Crippen LogP contribution in [-0.4, -0.2) is 29.4 Å². The van der Waals surface area contributed by atoms with Crippen LogP contribution in [0.25, 0.3) is 0 Å². The number of nitrogens with zero attached hydrogens (tertiary/aromatic N) is 1. The molecule has 3 N–H and O–H groups in total. The first-order chi connectivity index (χ1) is 10.1. The highest BCUT2D eigenvalue weighted by Gasteiger charge is 2.25. The Balaban J connectivity index is 1.74. The van der Waals surface area contributed by atoms with Crippen molar-refractivity contribution in [2.45, 2.75) is 51.3 Å². The van der Waals surface area contributed by atoms with Crippen molar-refractivity contribution in [1.29, 1.82) is 0 Å². The summed E-state index contributed by atoms with van der Waals surface area (Å²) in [6, 6.07) is 0.260. The van der Waals surface area contributed by atoms with E-state index in [1.165, 1.54) is 12.8 Å². The van der Waals surface area contributed by atoms with Crippen LogP contribution < -0.4 is 11.1 Å². The van der Waals surface area contributed by atoms with E-state index in [-0.39, 0.29) is 11.9 Å². The van der Waals surface area contributed by atoms with Gasteiger partial charge in [0.2, 0.25) is 5.91 Å². The summed E-state index contributed by atoms with van der Waals surface area (Å²) < 4.78 is 5.13. The van der Waals surface area contributed by atoms with E-state index in [2.05, 4.69) is 10.5 Å². The molecule has 1 aliphatic carbocycles. The quantitative estimate of drug-likeness (QED) is 0.841. The van der Waals surface area contributed by atoms with Crippen molar-refractivity contribution in [1.82, 2.24) is 10.5 Å². The largest absolute Gasteiger partial charge is 0.361 e. The average Bonchev–Trinajstić information content (AvgIpc) is 2.79. The molecule has 2 rings (SSSR count). The van der Waals surface area contributed by atoms with Gasteiger partial charge in [0.05, 0.1) is 11.4 Å². The molecule has 6 heteroatoms. The lowest BCUT2D eigenvalue weighted by atomic mass is 9.84. The predicted molar refractivity (Wildman–Crippen MR) is 85.1 cm³/mol. The Hall–Kier alpha value is -1.01. The SMILES string of the molecule is Cc1noc(C)c1CSCC(=O)NC1CCCCC1CN. The summed E-state index contributed by atoms with van der Waals surface area (Å²) in [6.07, 6.45) is 4.61. The second kappa shape index (κ2) is 7.84. The van der Waals surface area contributed by atoms with Crippen LogP contribution in [0, 0.1) is 19.8 Å². The zero-order chi connectivity index (χ0) is 15.2. The highest BCUT2D eigenvalue weighted by Crippen LogP contribution is 2.24. The summed E-state index contributed by atoms with van der Waals surface area (Å²) in [7, 11) is 0. The minimum absolute atomic E-state index is 0.108. The summed E-state index contributed by atoms with van der Waals surface area (Å²) in [4.78, 5) is 12.1. The predicted octanol–water partition coefficient (Wildman–Crippen LogP) is 2.16. The molecule has 1 fully saturated rings. The van der Waals surface area contributed by atoms with Crippen molar-refractivity contribution >= 4 is 17.7 Å². The first kappa shape index (κ1) is 16.4. The van der Waals surface area contributed by atoms with E-state index in [0.717, 1.165) is 35.6 Å². The van der Waals surface area contributed by atoms with Crippen LogP contribution >= 0.6 is 11.8 Å². The van der Waals surface area contributed by atoms with Crippen LogP contribution in [0.4, 0.5) is 0 Å². The first-order valence-electron chi connectivity index (χ1n) is 7.60. The maximum atomic E-state index is 12.1. The Morgan fingerprint density at radius 3 is 2.86 bits per heavy atom. The van der Waals surface area contributed by atoms with Gasteiger partial charge in [-0.2, -0.15) is 0 Å². The molecule has 0 saturated heterocycles. The Morgan fingerprint density at radius 1 is 1.43 bits per heavy atom. The topological polar surface area (TPSA) is 81.2 Å². The fourth-order valence-corrected chi connectivity index (χ4v) is 3.87. The Bertz CT molecular complexity index is 456. The summed E-state index contributed by atoms with van der Waals surface area (Å²) >= 11 is 1.60. The molecule has 0 aliphatic heterocycles. The maximum Gasteiger partial charge on any atom is 0.230 e. The van der Waals surface area contributed by atoms with Gasteiger partial charge in [-0.05, 0) is 39.2 Å². The number of aromatic nitrogens is 1. The second-order valence-electron chi connectivity index (χ2n) is 5.75. The Morgan fingerprint density at radius 2 is 2.19 bits per heavy atom. The minimum atomic E-state index is 0.108. The zero-order valence-corrected chi connectivity index (χ0v) is 13.7. The smallest absolute Gasteiger partial charge is 0.230 e. The van der Waals surface area contributed by atoms with Gasteiger partial charge in [-0.3, -0.25) is 4.79 Å². The normalized spacial score (nSPS) is 22.2. The highest BCUT2D eigenvalue weighted by molar-refractivity contribution is 7.99. The van der Waals surface area contributed by atoms with Gasteiger partial charge in [0.1, 0.15) is 5.76 Å². The molecule has 0 spiro atoms. The van der Waals surface area contributed by atoms with Crippen molar-refractivity contribution in [3.8, 4) is 0 Å². The Labute approximate surface area is 130 Å². The molecule has 2 atom stereocenters. The second-order valence-corrected chi connectivity index (χ2v) is 6.74. The van der Waals surface area contributed by atoms with Crippen molar-refractivity contribution in [3.05, 3.63) is 17.0 Å². The van der Waals surface area contributed by atoms with Crippen LogP contribution in [0.1, 0.15) is 42.7 Å². The number of nitrogens with two attached hydrogens (primary N) is 1. The number of nitrogens with one attached hydrogen (secondary N) is 1. The molecule has 2 unspecified atom stereocenters. The average molecular weight is 311 g/mol. The molecule has 1 heterocycles. The number of carbonyl (C=O) groups excluding carboxylic acids is 1. The molecule has 1 saturated carbocycles. The number of amides is 1. The van der Waals surface area contributed by atoms with Crippen molar-refractivity contribution in [3.63, 3.8) is 0 Å². The Kier molecular flexibility index (Phi) is 6.11. The summed E-state index contributed by atoms with van der Waals surface area (Å²) in [6.45, 7) is 4.50. The van der Waals surface area contributed by atoms with Crippen LogP contribution in [0.2, 0.25) is 0 Å². The monoisotopic (exact) mass is 311 g/mol.